The summed E-state index contributed by atoms with van der Waals surface area (Å²) < 4.78 is 9.70. The van der Waals surface area contributed by atoms with Crippen molar-refractivity contribution in [1.29, 1.82) is 0 Å². The molecule has 0 spiro atoms. The van der Waals surface area contributed by atoms with Gasteiger partial charge in [-0.25, -0.2) is 9.59 Å². The van der Waals surface area contributed by atoms with E-state index in [1.165, 1.54) is 0 Å². The SMILES string of the molecule is CCCOC(=O)[C@H](NC(=O)OCC)C(C)C. The van der Waals surface area contributed by atoms with Crippen molar-refractivity contribution in [3.8, 4) is 0 Å². The van der Waals surface area contributed by atoms with E-state index in [0.29, 0.717) is 6.61 Å². The highest BCUT2D eigenvalue weighted by atomic mass is 16.6. The van der Waals surface area contributed by atoms with E-state index in [0.717, 1.165) is 6.42 Å². The van der Waals surface area contributed by atoms with Crippen molar-refractivity contribution in [3.05, 3.63) is 0 Å². The average Bonchev–Trinajstić information content (AvgIpc) is 2.22. The molecule has 1 N–H and O–H groups in total. The molecule has 0 aromatic rings. The van der Waals surface area contributed by atoms with Crippen molar-refractivity contribution in [3.63, 3.8) is 0 Å². The number of carbonyl (C=O) groups excluding carboxylic acids is 2. The van der Waals surface area contributed by atoms with Crippen molar-refractivity contribution in [2.24, 2.45) is 5.92 Å². The maximum absolute atomic E-state index is 11.6. The predicted octanol–water partition coefficient (Wildman–Crippen LogP) is 1.71. The Hall–Kier alpha value is -1.26. The molecule has 0 bridgehead atoms. The van der Waals surface area contributed by atoms with E-state index < -0.39 is 18.1 Å². The smallest absolute Gasteiger partial charge is 0.407 e. The quantitative estimate of drug-likeness (QED) is 0.707. The van der Waals surface area contributed by atoms with Gasteiger partial charge in [0.2, 0.25) is 0 Å². The summed E-state index contributed by atoms with van der Waals surface area (Å²) in [6, 6.07) is -0.648. The Labute approximate surface area is 96.5 Å². The molecular weight excluding hydrogens is 210 g/mol. The first-order chi connectivity index (χ1) is 7.52. The number of esters is 1. The van der Waals surface area contributed by atoms with Gasteiger partial charge >= 0.3 is 12.1 Å². The van der Waals surface area contributed by atoms with Gasteiger partial charge in [0.25, 0.3) is 0 Å². The Kier molecular flexibility index (Phi) is 7.33. The summed E-state index contributed by atoms with van der Waals surface area (Å²) >= 11 is 0. The third-order valence-electron chi connectivity index (χ3n) is 1.92. The molecule has 0 aromatic carbocycles. The number of hydrogen-bond acceptors (Lipinski definition) is 4. The number of ether oxygens (including phenoxy) is 2. The van der Waals surface area contributed by atoms with E-state index in [-0.39, 0.29) is 12.5 Å². The van der Waals surface area contributed by atoms with Crippen LogP contribution >= 0.6 is 0 Å². The second-order valence-corrected chi connectivity index (χ2v) is 3.75. The molecule has 0 aliphatic carbocycles. The molecule has 0 saturated carbocycles. The number of amides is 1. The fourth-order valence-corrected chi connectivity index (χ4v) is 1.09. The number of carbonyl (C=O) groups is 2. The van der Waals surface area contributed by atoms with Gasteiger partial charge in [0.1, 0.15) is 6.04 Å². The van der Waals surface area contributed by atoms with Gasteiger partial charge in [-0.3, -0.25) is 0 Å². The highest BCUT2D eigenvalue weighted by Crippen LogP contribution is 2.04. The van der Waals surface area contributed by atoms with E-state index in [2.05, 4.69) is 5.32 Å². The molecule has 0 fully saturated rings. The summed E-state index contributed by atoms with van der Waals surface area (Å²) in [5, 5.41) is 2.49. The molecule has 0 rings (SSSR count). The van der Waals surface area contributed by atoms with Crippen LogP contribution in [-0.4, -0.2) is 31.3 Å². The molecule has 0 aliphatic heterocycles. The molecule has 0 saturated heterocycles. The van der Waals surface area contributed by atoms with Crippen molar-refractivity contribution in [2.45, 2.75) is 40.2 Å². The summed E-state index contributed by atoms with van der Waals surface area (Å²) in [4.78, 5) is 22.8. The lowest BCUT2D eigenvalue weighted by Crippen LogP contribution is -2.45. The first kappa shape index (κ1) is 14.7. The maximum atomic E-state index is 11.6. The van der Waals surface area contributed by atoms with Crippen LogP contribution in [0.2, 0.25) is 0 Å². The fourth-order valence-electron chi connectivity index (χ4n) is 1.09. The van der Waals surface area contributed by atoms with Crippen LogP contribution in [0.1, 0.15) is 34.1 Å². The largest absolute Gasteiger partial charge is 0.464 e. The van der Waals surface area contributed by atoms with Crippen LogP contribution in [0.4, 0.5) is 4.79 Å². The number of alkyl carbamates (subject to hydrolysis) is 1. The topological polar surface area (TPSA) is 64.6 Å². The number of hydrogen-bond donors (Lipinski definition) is 1. The molecule has 5 nitrogen and oxygen atoms in total. The first-order valence-electron chi connectivity index (χ1n) is 5.62. The molecule has 5 heteroatoms. The van der Waals surface area contributed by atoms with Crippen LogP contribution in [-0.2, 0) is 14.3 Å². The highest BCUT2D eigenvalue weighted by Gasteiger charge is 2.25. The minimum atomic E-state index is -0.648. The van der Waals surface area contributed by atoms with Crippen molar-refractivity contribution < 1.29 is 19.1 Å². The van der Waals surface area contributed by atoms with Gasteiger partial charge in [-0.05, 0) is 19.3 Å². The monoisotopic (exact) mass is 231 g/mol. The van der Waals surface area contributed by atoms with Gasteiger partial charge in [0, 0.05) is 0 Å². The zero-order valence-corrected chi connectivity index (χ0v) is 10.4. The molecule has 94 valence electrons. The Morgan fingerprint density at radius 2 is 1.81 bits per heavy atom. The lowest BCUT2D eigenvalue weighted by atomic mass is 10.1. The van der Waals surface area contributed by atoms with E-state index in [9.17, 15) is 9.59 Å². The Morgan fingerprint density at radius 3 is 2.25 bits per heavy atom. The van der Waals surface area contributed by atoms with Crippen LogP contribution in [0, 0.1) is 5.92 Å². The van der Waals surface area contributed by atoms with Crippen molar-refractivity contribution in [1.82, 2.24) is 5.32 Å². The Morgan fingerprint density at radius 1 is 1.19 bits per heavy atom. The van der Waals surface area contributed by atoms with Crippen LogP contribution in [0.5, 0.6) is 0 Å². The first-order valence-corrected chi connectivity index (χ1v) is 5.62. The fraction of sp³-hybridized carbons (Fsp3) is 0.818. The molecule has 16 heavy (non-hydrogen) atoms. The zero-order chi connectivity index (χ0) is 12.6. The van der Waals surface area contributed by atoms with Crippen LogP contribution in [0.25, 0.3) is 0 Å². The Bertz CT molecular complexity index is 228. The van der Waals surface area contributed by atoms with E-state index in [1.54, 1.807) is 6.92 Å². The number of nitrogens with one attached hydrogen (secondary N) is 1. The highest BCUT2D eigenvalue weighted by molar-refractivity contribution is 5.81. The van der Waals surface area contributed by atoms with Gasteiger partial charge in [0.05, 0.1) is 13.2 Å². The summed E-state index contributed by atoms with van der Waals surface area (Å²) in [5.74, 6) is -0.446. The lowest BCUT2D eigenvalue weighted by Gasteiger charge is -2.20. The molecule has 0 unspecified atom stereocenters. The minimum Gasteiger partial charge on any atom is -0.464 e. The maximum Gasteiger partial charge on any atom is 0.407 e. The van der Waals surface area contributed by atoms with Crippen LogP contribution < -0.4 is 5.32 Å². The lowest BCUT2D eigenvalue weighted by molar-refractivity contribution is -0.147. The molecule has 0 aromatic heterocycles. The van der Waals surface area contributed by atoms with Gasteiger partial charge in [-0.1, -0.05) is 20.8 Å². The Balaban J connectivity index is 4.26. The second kappa shape index (κ2) is 7.96. The summed E-state index contributed by atoms with van der Waals surface area (Å²) in [5.41, 5.74) is 0. The average molecular weight is 231 g/mol. The van der Waals surface area contributed by atoms with Crippen LogP contribution in [0.15, 0.2) is 0 Å². The van der Waals surface area contributed by atoms with Gasteiger partial charge in [0.15, 0.2) is 0 Å². The van der Waals surface area contributed by atoms with Crippen LogP contribution in [0.3, 0.4) is 0 Å². The van der Waals surface area contributed by atoms with Gasteiger partial charge in [-0.15, -0.1) is 0 Å². The third kappa shape index (κ3) is 5.58. The summed E-state index contributed by atoms with van der Waals surface area (Å²) in [7, 11) is 0. The summed E-state index contributed by atoms with van der Waals surface area (Å²) in [6.45, 7) is 7.94. The van der Waals surface area contributed by atoms with Gasteiger partial charge in [-0.2, -0.15) is 0 Å². The zero-order valence-electron chi connectivity index (χ0n) is 10.4. The molecule has 0 radical (unpaired) electrons. The standard InChI is InChI=1S/C11H21NO4/c1-5-7-16-10(13)9(8(3)4)12-11(14)15-6-2/h8-9H,5-7H2,1-4H3,(H,12,14)/t9-/m1/s1. The minimum absolute atomic E-state index is 0.0336. The van der Waals surface area contributed by atoms with E-state index in [1.807, 2.05) is 20.8 Å². The summed E-state index contributed by atoms with van der Waals surface area (Å²) in [6.07, 6.45) is 0.172. The normalized spacial score (nSPS) is 12.1. The third-order valence-corrected chi connectivity index (χ3v) is 1.92. The molecule has 1 atom stereocenters. The molecular formula is C11H21NO4. The van der Waals surface area contributed by atoms with E-state index >= 15 is 0 Å². The van der Waals surface area contributed by atoms with E-state index in [4.69, 9.17) is 9.47 Å². The van der Waals surface area contributed by atoms with Crippen molar-refractivity contribution >= 4 is 12.1 Å². The molecule has 1 amide bonds. The predicted molar refractivity (Wildman–Crippen MR) is 60.0 cm³/mol. The van der Waals surface area contributed by atoms with Crippen molar-refractivity contribution in [2.75, 3.05) is 13.2 Å². The second-order valence-electron chi connectivity index (χ2n) is 3.75. The van der Waals surface area contributed by atoms with Gasteiger partial charge < -0.3 is 14.8 Å². The molecule has 0 aliphatic rings. The number of rotatable bonds is 6. The molecule has 0 heterocycles.